The lowest BCUT2D eigenvalue weighted by Gasteiger charge is -2.27. The number of rotatable bonds is 5. The second-order valence-corrected chi connectivity index (χ2v) is 6.22. The van der Waals surface area contributed by atoms with Gasteiger partial charge in [0, 0.05) is 18.7 Å². The number of carbonyl (C=O) groups is 2. The van der Waals surface area contributed by atoms with Crippen molar-refractivity contribution in [3.63, 3.8) is 0 Å². The summed E-state index contributed by atoms with van der Waals surface area (Å²) in [6.07, 6.45) is 0.219. The van der Waals surface area contributed by atoms with Crippen molar-refractivity contribution in [2.24, 2.45) is 0 Å². The molecule has 1 aromatic carbocycles. The van der Waals surface area contributed by atoms with Crippen LogP contribution in [0, 0.1) is 6.92 Å². The highest BCUT2D eigenvalue weighted by Gasteiger charge is 2.33. The highest BCUT2D eigenvalue weighted by atomic mass is 16.3. The fourth-order valence-corrected chi connectivity index (χ4v) is 2.40. The zero-order valence-corrected chi connectivity index (χ0v) is 13.4. The number of aliphatic hydroxyl groups is 2. The van der Waals surface area contributed by atoms with E-state index < -0.39 is 11.6 Å². The Bertz CT molecular complexity index is 569. The molecule has 2 rings (SSSR count). The number of carbonyl (C=O) groups excluding carboxylic acids is 2. The predicted molar refractivity (Wildman–Crippen MR) is 86.2 cm³/mol. The van der Waals surface area contributed by atoms with Crippen LogP contribution in [-0.4, -0.2) is 53.5 Å². The quantitative estimate of drug-likeness (QED) is 0.620. The van der Waals surface area contributed by atoms with Crippen molar-refractivity contribution in [2.45, 2.75) is 31.8 Å². The van der Waals surface area contributed by atoms with Gasteiger partial charge in [-0.1, -0.05) is 17.7 Å². The van der Waals surface area contributed by atoms with Gasteiger partial charge in [-0.05, 0) is 26.0 Å². The van der Waals surface area contributed by atoms with Gasteiger partial charge in [-0.15, -0.1) is 0 Å². The van der Waals surface area contributed by atoms with Crippen LogP contribution < -0.4 is 15.5 Å². The van der Waals surface area contributed by atoms with Crippen molar-refractivity contribution < 1.29 is 19.8 Å². The van der Waals surface area contributed by atoms with Crippen LogP contribution in [0.5, 0.6) is 0 Å². The number of amides is 3. The molecule has 1 aromatic rings. The second-order valence-electron chi connectivity index (χ2n) is 6.22. The molecule has 0 aromatic heterocycles. The van der Waals surface area contributed by atoms with Gasteiger partial charge in [0.05, 0.1) is 24.8 Å². The highest BCUT2D eigenvalue weighted by Crippen LogP contribution is 2.22. The SMILES string of the molecule is Cc1ccc(N2CC(NC(=O)NC(C)(CO)CO)CC2=O)cc1. The van der Waals surface area contributed by atoms with Crippen LogP contribution in [0.3, 0.4) is 0 Å². The van der Waals surface area contributed by atoms with Crippen molar-refractivity contribution in [1.29, 1.82) is 0 Å². The fraction of sp³-hybridized carbons (Fsp3) is 0.500. The smallest absolute Gasteiger partial charge is 0.315 e. The number of benzene rings is 1. The predicted octanol–water partition coefficient (Wildman–Crippen LogP) is 0.143. The van der Waals surface area contributed by atoms with Crippen LogP contribution in [0.15, 0.2) is 24.3 Å². The zero-order chi connectivity index (χ0) is 17.0. The first-order valence-electron chi connectivity index (χ1n) is 7.54. The Labute approximate surface area is 135 Å². The second kappa shape index (κ2) is 6.97. The number of nitrogens with zero attached hydrogens (tertiary/aromatic N) is 1. The van der Waals surface area contributed by atoms with Crippen molar-refractivity contribution in [1.82, 2.24) is 10.6 Å². The molecule has 3 amide bonds. The molecule has 7 nitrogen and oxygen atoms in total. The topological polar surface area (TPSA) is 102 Å². The van der Waals surface area contributed by atoms with Gasteiger partial charge in [-0.2, -0.15) is 0 Å². The van der Waals surface area contributed by atoms with E-state index in [1.165, 1.54) is 6.92 Å². The number of nitrogens with one attached hydrogen (secondary N) is 2. The van der Waals surface area contributed by atoms with Crippen molar-refractivity contribution in [3.8, 4) is 0 Å². The molecule has 23 heavy (non-hydrogen) atoms. The van der Waals surface area contributed by atoms with Crippen LogP contribution in [0.4, 0.5) is 10.5 Å². The molecule has 0 bridgehead atoms. The van der Waals surface area contributed by atoms with Gasteiger partial charge in [-0.3, -0.25) is 4.79 Å². The summed E-state index contributed by atoms with van der Waals surface area (Å²) in [5.74, 6) is -0.0498. The molecule has 0 aliphatic carbocycles. The Morgan fingerprint density at radius 1 is 1.30 bits per heavy atom. The van der Waals surface area contributed by atoms with Crippen LogP contribution in [0.25, 0.3) is 0 Å². The molecule has 1 heterocycles. The fourth-order valence-electron chi connectivity index (χ4n) is 2.40. The van der Waals surface area contributed by atoms with E-state index in [9.17, 15) is 19.8 Å². The normalized spacial score (nSPS) is 18.2. The largest absolute Gasteiger partial charge is 0.394 e. The van der Waals surface area contributed by atoms with Crippen LogP contribution >= 0.6 is 0 Å². The van der Waals surface area contributed by atoms with Gasteiger partial charge in [-0.25, -0.2) is 4.79 Å². The molecule has 1 atom stereocenters. The summed E-state index contributed by atoms with van der Waals surface area (Å²) in [6.45, 7) is 3.14. The molecule has 1 unspecified atom stereocenters. The summed E-state index contributed by atoms with van der Waals surface area (Å²) < 4.78 is 0. The Kier molecular flexibility index (Phi) is 5.23. The lowest BCUT2D eigenvalue weighted by Crippen LogP contribution is -2.56. The van der Waals surface area contributed by atoms with E-state index in [0.29, 0.717) is 6.54 Å². The minimum atomic E-state index is -1.09. The molecule has 1 fully saturated rings. The minimum Gasteiger partial charge on any atom is -0.394 e. The average Bonchev–Trinajstić information content (AvgIpc) is 2.88. The van der Waals surface area contributed by atoms with Crippen LogP contribution in [0.2, 0.25) is 0 Å². The molecule has 4 N–H and O–H groups in total. The van der Waals surface area contributed by atoms with Gasteiger partial charge < -0.3 is 25.7 Å². The lowest BCUT2D eigenvalue weighted by atomic mass is 10.1. The van der Waals surface area contributed by atoms with E-state index in [0.717, 1.165) is 11.3 Å². The van der Waals surface area contributed by atoms with Crippen LogP contribution in [-0.2, 0) is 4.79 Å². The Morgan fingerprint density at radius 3 is 2.48 bits per heavy atom. The van der Waals surface area contributed by atoms with Gasteiger partial charge in [0.2, 0.25) is 5.91 Å². The molecule has 1 aliphatic heterocycles. The standard InChI is InChI=1S/C16H23N3O4/c1-11-3-5-13(6-4-11)19-8-12(7-14(19)22)17-15(23)18-16(2,9-20)10-21/h3-6,12,20-21H,7-10H2,1-2H3,(H2,17,18,23). The summed E-state index contributed by atoms with van der Waals surface area (Å²) in [6, 6.07) is 6.80. The first-order valence-corrected chi connectivity index (χ1v) is 7.54. The van der Waals surface area contributed by atoms with Crippen molar-refractivity contribution in [3.05, 3.63) is 29.8 Å². The third-order valence-corrected chi connectivity index (χ3v) is 3.92. The van der Waals surface area contributed by atoms with Gasteiger partial charge in [0.1, 0.15) is 0 Å². The first kappa shape index (κ1) is 17.2. The lowest BCUT2D eigenvalue weighted by molar-refractivity contribution is -0.117. The van der Waals surface area contributed by atoms with E-state index in [2.05, 4.69) is 10.6 Å². The molecule has 7 heteroatoms. The third-order valence-electron chi connectivity index (χ3n) is 3.92. The van der Waals surface area contributed by atoms with E-state index in [4.69, 9.17) is 0 Å². The van der Waals surface area contributed by atoms with Gasteiger partial charge >= 0.3 is 6.03 Å². The Balaban J connectivity index is 1.95. The van der Waals surface area contributed by atoms with Gasteiger partial charge in [0.25, 0.3) is 0 Å². The molecule has 1 saturated heterocycles. The third kappa shape index (κ3) is 4.20. The number of anilines is 1. The maximum absolute atomic E-state index is 12.1. The highest BCUT2D eigenvalue weighted by molar-refractivity contribution is 5.96. The number of urea groups is 1. The molecule has 1 aliphatic rings. The summed E-state index contributed by atoms with van der Waals surface area (Å²) in [5.41, 5.74) is 0.825. The van der Waals surface area contributed by atoms with Crippen molar-refractivity contribution in [2.75, 3.05) is 24.7 Å². The average molecular weight is 321 g/mol. The Morgan fingerprint density at radius 2 is 1.91 bits per heavy atom. The van der Waals surface area contributed by atoms with E-state index in [1.807, 2.05) is 31.2 Å². The zero-order valence-electron chi connectivity index (χ0n) is 13.4. The first-order chi connectivity index (χ1) is 10.9. The minimum absolute atomic E-state index is 0.0498. The van der Waals surface area contributed by atoms with E-state index >= 15 is 0 Å². The van der Waals surface area contributed by atoms with E-state index in [1.54, 1.807) is 4.90 Å². The molecule has 0 spiro atoms. The molecule has 0 saturated carbocycles. The summed E-state index contributed by atoms with van der Waals surface area (Å²) in [7, 11) is 0. The summed E-state index contributed by atoms with van der Waals surface area (Å²) in [4.78, 5) is 25.7. The molecular formula is C16H23N3O4. The molecule has 0 radical (unpaired) electrons. The monoisotopic (exact) mass is 321 g/mol. The number of hydrogen-bond donors (Lipinski definition) is 4. The molecule has 126 valence electrons. The maximum atomic E-state index is 12.1. The summed E-state index contributed by atoms with van der Waals surface area (Å²) in [5, 5.41) is 23.6. The van der Waals surface area contributed by atoms with Crippen LogP contribution in [0.1, 0.15) is 18.9 Å². The van der Waals surface area contributed by atoms with Crippen molar-refractivity contribution >= 4 is 17.6 Å². The number of hydrogen-bond acceptors (Lipinski definition) is 4. The Hall–Kier alpha value is -2.12. The summed E-state index contributed by atoms with van der Waals surface area (Å²) >= 11 is 0. The number of aryl methyl sites for hydroxylation is 1. The number of aliphatic hydroxyl groups excluding tert-OH is 2. The van der Waals surface area contributed by atoms with E-state index in [-0.39, 0.29) is 31.6 Å². The molecular weight excluding hydrogens is 298 g/mol. The van der Waals surface area contributed by atoms with Gasteiger partial charge in [0.15, 0.2) is 0 Å². The maximum Gasteiger partial charge on any atom is 0.315 e.